The second kappa shape index (κ2) is 7.88. The number of esters is 1. The molecule has 0 fully saturated rings. The van der Waals surface area contributed by atoms with E-state index in [0.29, 0.717) is 5.56 Å². The van der Waals surface area contributed by atoms with Crippen LogP contribution >= 0.6 is 10.5 Å². The highest BCUT2D eigenvalue weighted by atomic mass is 32.2. The van der Waals surface area contributed by atoms with Gasteiger partial charge in [-0.15, -0.1) is 0 Å². The molecule has 0 saturated carbocycles. The van der Waals surface area contributed by atoms with Gasteiger partial charge in [0.25, 0.3) is 0 Å². The molecule has 1 atom stereocenters. The Morgan fingerprint density at radius 2 is 1.44 bits per heavy atom. The van der Waals surface area contributed by atoms with Crippen molar-refractivity contribution in [3.8, 4) is 4.90 Å². The lowest BCUT2D eigenvalue weighted by molar-refractivity contribution is -0.00312. The number of fused-ring (bicyclic) bond motifs is 3. The first-order valence-corrected chi connectivity index (χ1v) is 11.7. The third kappa shape index (κ3) is 3.57. The zero-order valence-corrected chi connectivity index (χ0v) is 18.7. The van der Waals surface area contributed by atoms with E-state index in [2.05, 4.69) is 42.5 Å². The Morgan fingerprint density at radius 1 is 0.781 bits per heavy atom. The van der Waals surface area contributed by atoms with Gasteiger partial charge >= 0.3 is 5.97 Å². The van der Waals surface area contributed by atoms with Crippen molar-refractivity contribution in [3.63, 3.8) is 0 Å². The first kappa shape index (κ1) is 20.4. The predicted molar refractivity (Wildman–Crippen MR) is 130 cm³/mol. The quantitative estimate of drug-likeness (QED) is 0.209. The van der Waals surface area contributed by atoms with Gasteiger partial charge < -0.3 is 4.74 Å². The minimum absolute atomic E-state index is 0.201. The Morgan fingerprint density at radius 3 is 2.19 bits per heavy atom. The summed E-state index contributed by atoms with van der Waals surface area (Å²) in [7, 11) is -0.201. The fourth-order valence-electron chi connectivity index (χ4n) is 4.04. The molecule has 0 N–H and O–H groups in total. The van der Waals surface area contributed by atoms with Crippen LogP contribution in [0.15, 0.2) is 97.1 Å². The normalized spacial score (nSPS) is 12.3. The van der Waals surface area contributed by atoms with Crippen LogP contribution in [0.4, 0.5) is 4.39 Å². The fraction of sp³-hybridized carbons (Fsp3) is 0.107. The van der Waals surface area contributed by atoms with Crippen LogP contribution in [0.1, 0.15) is 29.8 Å². The second-order valence-corrected chi connectivity index (χ2v) is 10.2. The topological polar surface area (TPSA) is 26.3 Å². The standard InChI is InChI=1S/C28H22FO2S/c1-28(2,20-13-15-21(29)16-14-20)31-27(30)19-12-17-26-24(18-19)23-10-6-7-11-25(23)32(26)22-8-4-3-5-9-22/h3-18H,1-2H3/q+1. The van der Waals surface area contributed by atoms with Crippen molar-refractivity contribution < 1.29 is 13.9 Å². The summed E-state index contributed by atoms with van der Waals surface area (Å²) < 4.78 is 21.6. The maximum Gasteiger partial charge on any atom is 0.339 e. The molecule has 32 heavy (non-hydrogen) atoms. The van der Waals surface area contributed by atoms with E-state index >= 15 is 0 Å². The zero-order chi connectivity index (χ0) is 22.3. The van der Waals surface area contributed by atoms with Gasteiger partial charge in [-0.2, -0.15) is 0 Å². The summed E-state index contributed by atoms with van der Waals surface area (Å²) in [6, 6.07) is 30.7. The molecular weight excluding hydrogens is 419 g/mol. The van der Waals surface area contributed by atoms with Crippen molar-refractivity contribution in [1.82, 2.24) is 0 Å². The highest BCUT2D eigenvalue weighted by Crippen LogP contribution is 2.48. The summed E-state index contributed by atoms with van der Waals surface area (Å²) in [5.74, 6) is -0.715. The van der Waals surface area contributed by atoms with Crippen molar-refractivity contribution >= 4 is 36.6 Å². The molecule has 5 aromatic rings. The number of ether oxygens (including phenoxy) is 1. The van der Waals surface area contributed by atoms with Gasteiger partial charge in [0.1, 0.15) is 11.4 Å². The molecule has 1 heterocycles. The number of hydrogen-bond acceptors (Lipinski definition) is 2. The third-order valence-corrected chi connectivity index (χ3v) is 8.03. The third-order valence-electron chi connectivity index (χ3n) is 5.70. The lowest BCUT2D eigenvalue weighted by atomic mass is 9.98. The summed E-state index contributed by atoms with van der Waals surface area (Å²) in [4.78, 5) is 14.3. The molecule has 1 unspecified atom stereocenters. The fourth-order valence-corrected chi connectivity index (χ4v) is 6.42. The lowest BCUT2D eigenvalue weighted by Crippen LogP contribution is -2.25. The Balaban J connectivity index is 1.57. The van der Waals surface area contributed by atoms with Crippen molar-refractivity contribution in [3.05, 3.63) is 114 Å². The molecule has 4 aromatic carbocycles. The predicted octanol–water partition coefficient (Wildman–Crippen LogP) is 7.96. The van der Waals surface area contributed by atoms with Gasteiger partial charge in [-0.05, 0) is 74.0 Å². The van der Waals surface area contributed by atoms with Crippen LogP contribution in [-0.4, -0.2) is 5.97 Å². The molecule has 0 spiro atoms. The largest absolute Gasteiger partial charge is 0.451 e. The number of hydrogen-bond donors (Lipinski definition) is 0. The van der Waals surface area contributed by atoms with E-state index in [-0.39, 0.29) is 16.3 Å². The number of carbonyl (C=O) groups is 1. The SMILES string of the molecule is CC(C)(OC(=O)c1ccc2c(c1)c1ccccc1[s+]2-c1ccccc1)c1ccc(F)cc1. The molecule has 2 nitrogen and oxygen atoms in total. The van der Waals surface area contributed by atoms with E-state index in [9.17, 15) is 9.18 Å². The van der Waals surface area contributed by atoms with Gasteiger partial charge in [0, 0.05) is 21.2 Å². The van der Waals surface area contributed by atoms with Crippen molar-refractivity contribution in [2.45, 2.75) is 19.4 Å². The van der Waals surface area contributed by atoms with Gasteiger partial charge in [-0.3, -0.25) is 0 Å². The molecule has 0 bridgehead atoms. The molecule has 4 heteroatoms. The van der Waals surface area contributed by atoms with Crippen LogP contribution in [0, 0.1) is 5.82 Å². The van der Waals surface area contributed by atoms with Crippen LogP contribution in [0.5, 0.6) is 0 Å². The number of benzene rings is 4. The van der Waals surface area contributed by atoms with Crippen LogP contribution in [0.3, 0.4) is 0 Å². The number of thiophene rings is 1. The minimum Gasteiger partial charge on any atom is -0.451 e. The van der Waals surface area contributed by atoms with Crippen LogP contribution in [0.25, 0.3) is 25.1 Å². The van der Waals surface area contributed by atoms with Crippen LogP contribution < -0.4 is 0 Å². The molecular formula is C28H22FO2S+. The van der Waals surface area contributed by atoms with Crippen molar-refractivity contribution in [1.29, 1.82) is 0 Å². The van der Waals surface area contributed by atoms with E-state index < -0.39 is 11.6 Å². The first-order chi connectivity index (χ1) is 15.4. The molecule has 0 amide bonds. The van der Waals surface area contributed by atoms with Crippen molar-refractivity contribution in [2.75, 3.05) is 0 Å². The van der Waals surface area contributed by atoms with E-state index in [0.717, 1.165) is 16.3 Å². The first-order valence-electron chi connectivity index (χ1n) is 10.5. The Kier molecular flexibility index (Phi) is 5.03. The summed E-state index contributed by atoms with van der Waals surface area (Å²) in [6.45, 7) is 3.63. The summed E-state index contributed by atoms with van der Waals surface area (Å²) in [6.07, 6.45) is 0. The van der Waals surface area contributed by atoms with Gasteiger partial charge in [-0.25, -0.2) is 9.18 Å². The smallest absolute Gasteiger partial charge is 0.339 e. The van der Waals surface area contributed by atoms with E-state index in [1.54, 1.807) is 12.1 Å². The van der Waals surface area contributed by atoms with Gasteiger partial charge in [0.2, 0.25) is 0 Å². The molecule has 158 valence electrons. The van der Waals surface area contributed by atoms with Crippen molar-refractivity contribution in [2.24, 2.45) is 0 Å². The highest BCUT2D eigenvalue weighted by Gasteiger charge is 2.28. The zero-order valence-electron chi connectivity index (χ0n) is 17.8. The molecule has 0 aliphatic carbocycles. The summed E-state index contributed by atoms with van der Waals surface area (Å²) in [5.41, 5.74) is 0.368. The minimum atomic E-state index is -0.879. The summed E-state index contributed by atoms with van der Waals surface area (Å²) in [5, 5.41) is 2.23. The number of carbonyl (C=O) groups excluding carboxylic acids is 1. The van der Waals surface area contributed by atoms with Gasteiger partial charge in [0.05, 0.1) is 5.56 Å². The Labute approximate surface area is 188 Å². The second-order valence-electron chi connectivity index (χ2n) is 8.23. The summed E-state index contributed by atoms with van der Waals surface area (Å²) >= 11 is 0. The molecule has 1 aromatic heterocycles. The maximum atomic E-state index is 13.3. The highest BCUT2D eigenvalue weighted by molar-refractivity contribution is 7.50. The van der Waals surface area contributed by atoms with E-state index in [1.807, 2.05) is 44.2 Å². The van der Waals surface area contributed by atoms with Gasteiger partial charge in [0.15, 0.2) is 14.3 Å². The monoisotopic (exact) mass is 441 g/mol. The van der Waals surface area contributed by atoms with Crippen LogP contribution in [0.2, 0.25) is 0 Å². The maximum absolute atomic E-state index is 13.3. The van der Waals surface area contributed by atoms with Gasteiger partial charge in [-0.1, -0.05) is 42.5 Å². The Hall–Kier alpha value is -3.50. The number of rotatable bonds is 4. The lowest BCUT2D eigenvalue weighted by Gasteiger charge is -2.25. The number of halogens is 1. The average molecular weight is 442 g/mol. The van der Waals surface area contributed by atoms with E-state index in [4.69, 9.17) is 4.74 Å². The molecule has 5 rings (SSSR count). The Bertz CT molecular complexity index is 1430. The molecule has 0 radical (unpaired) electrons. The molecule has 0 saturated heterocycles. The molecule has 0 aliphatic rings. The van der Waals surface area contributed by atoms with Crippen LogP contribution in [-0.2, 0) is 10.3 Å². The molecule has 0 aliphatic heterocycles. The van der Waals surface area contributed by atoms with E-state index in [1.165, 1.54) is 26.4 Å². The average Bonchev–Trinajstić information content (AvgIpc) is 3.13.